The number of amides is 1. The third-order valence-corrected chi connectivity index (χ3v) is 5.03. The Hall–Kier alpha value is -2.80. The molecule has 7 heteroatoms. The van der Waals surface area contributed by atoms with Gasteiger partial charge in [-0.2, -0.15) is 5.10 Å². The van der Waals surface area contributed by atoms with E-state index in [1.165, 1.54) is 11.8 Å². The highest BCUT2D eigenvalue weighted by Gasteiger charge is 2.28. The van der Waals surface area contributed by atoms with Gasteiger partial charge in [-0.05, 0) is 29.7 Å². The van der Waals surface area contributed by atoms with E-state index in [4.69, 9.17) is 9.47 Å². The van der Waals surface area contributed by atoms with Crippen LogP contribution >= 0.6 is 11.8 Å². The molecule has 0 bridgehead atoms. The predicted molar refractivity (Wildman–Crippen MR) is 109 cm³/mol. The number of hydrogen-bond acceptors (Lipinski definition) is 6. The first-order valence-electron chi connectivity index (χ1n) is 8.51. The van der Waals surface area contributed by atoms with Gasteiger partial charge in [0.25, 0.3) is 0 Å². The van der Waals surface area contributed by atoms with Gasteiger partial charge in [0.2, 0.25) is 5.91 Å². The summed E-state index contributed by atoms with van der Waals surface area (Å²) in [6.45, 7) is 0.543. The lowest BCUT2D eigenvalue weighted by molar-refractivity contribution is -0.124. The van der Waals surface area contributed by atoms with Gasteiger partial charge in [-0.3, -0.25) is 9.69 Å². The molecule has 2 aromatic rings. The van der Waals surface area contributed by atoms with Crippen molar-refractivity contribution in [2.45, 2.75) is 6.42 Å². The van der Waals surface area contributed by atoms with Crippen LogP contribution in [0.5, 0.6) is 11.5 Å². The van der Waals surface area contributed by atoms with E-state index in [0.29, 0.717) is 35.4 Å². The van der Waals surface area contributed by atoms with E-state index < -0.39 is 0 Å². The maximum atomic E-state index is 12.2. The number of rotatable bonds is 7. The summed E-state index contributed by atoms with van der Waals surface area (Å²) in [6.07, 6.45) is 2.37. The number of methoxy groups -OCH3 is 2. The van der Waals surface area contributed by atoms with Crippen LogP contribution in [-0.4, -0.2) is 48.7 Å². The SMILES string of the molecule is COc1ccc(CCN2C(=O)CS/C2=N\N=C\c2ccccc2)cc1OC. The quantitative estimate of drug-likeness (QED) is 0.544. The molecule has 1 aliphatic heterocycles. The Morgan fingerprint density at radius 1 is 1.11 bits per heavy atom. The number of carbonyl (C=O) groups is 1. The Morgan fingerprint density at radius 3 is 2.63 bits per heavy atom. The van der Waals surface area contributed by atoms with Crippen LogP contribution in [0, 0.1) is 0 Å². The third-order valence-electron chi connectivity index (χ3n) is 4.08. The maximum Gasteiger partial charge on any atom is 0.239 e. The highest BCUT2D eigenvalue weighted by atomic mass is 32.2. The molecular formula is C20H21N3O3S. The summed E-state index contributed by atoms with van der Waals surface area (Å²) in [5.74, 6) is 1.81. The number of hydrogen-bond donors (Lipinski definition) is 0. The Labute approximate surface area is 162 Å². The highest BCUT2D eigenvalue weighted by molar-refractivity contribution is 8.15. The van der Waals surface area contributed by atoms with Crippen molar-refractivity contribution in [3.05, 3.63) is 59.7 Å². The molecule has 1 saturated heterocycles. The number of benzene rings is 2. The van der Waals surface area contributed by atoms with Crippen LogP contribution < -0.4 is 9.47 Å². The zero-order valence-electron chi connectivity index (χ0n) is 15.3. The van der Waals surface area contributed by atoms with Crippen molar-refractivity contribution in [3.8, 4) is 11.5 Å². The third kappa shape index (κ3) is 4.89. The van der Waals surface area contributed by atoms with Crippen LogP contribution in [0.15, 0.2) is 58.7 Å². The fourth-order valence-electron chi connectivity index (χ4n) is 2.65. The molecule has 6 nitrogen and oxygen atoms in total. The van der Waals surface area contributed by atoms with Gasteiger partial charge in [-0.1, -0.05) is 48.2 Å². The van der Waals surface area contributed by atoms with Gasteiger partial charge in [-0.25, -0.2) is 0 Å². The fourth-order valence-corrected chi connectivity index (χ4v) is 3.52. The van der Waals surface area contributed by atoms with Crippen LogP contribution in [-0.2, 0) is 11.2 Å². The molecule has 1 aliphatic rings. The first-order valence-corrected chi connectivity index (χ1v) is 9.50. The Kier molecular flexibility index (Phi) is 6.49. The minimum absolute atomic E-state index is 0.0501. The van der Waals surface area contributed by atoms with Gasteiger partial charge in [0.15, 0.2) is 16.7 Å². The van der Waals surface area contributed by atoms with Crippen molar-refractivity contribution >= 4 is 29.1 Å². The molecule has 0 atom stereocenters. The van der Waals surface area contributed by atoms with E-state index >= 15 is 0 Å². The Bertz CT molecular complexity index is 853. The second-order valence-corrected chi connectivity index (χ2v) is 6.75. The number of amidine groups is 1. The van der Waals surface area contributed by atoms with E-state index in [9.17, 15) is 4.79 Å². The molecule has 0 saturated carbocycles. The average Bonchev–Trinajstić information content (AvgIpc) is 3.06. The van der Waals surface area contributed by atoms with Crippen molar-refractivity contribution in [1.29, 1.82) is 0 Å². The molecule has 3 rings (SSSR count). The van der Waals surface area contributed by atoms with E-state index in [0.717, 1.165) is 11.1 Å². The molecule has 0 unspecified atom stereocenters. The topological polar surface area (TPSA) is 63.5 Å². The molecule has 0 spiro atoms. The molecule has 1 fully saturated rings. The highest BCUT2D eigenvalue weighted by Crippen LogP contribution is 2.28. The van der Waals surface area contributed by atoms with Crippen LogP contribution in [0.25, 0.3) is 0 Å². The minimum atomic E-state index is 0.0501. The van der Waals surface area contributed by atoms with Crippen LogP contribution in [0.4, 0.5) is 0 Å². The van der Waals surface area contributed by atoms with Crippen molar-refractivity contribution in [2.24, 2.45) is 10.2 Å². The minimum Gasteiger partial charge on any atom is -0.493 e. The lowest BCUT2D eigenvalue weighted by atomic mass is 10.1. The van der Waals surface area contributed by atoms with Crippen molar-refractivity contribution in [3.63, 3.8) is 0 Å². The van der Waals surface area contributed by atoms with Crippen molar-refractivity contribution in [1.82, 2.24) is 4.90 Å². The number of carbonyl (C=O) groups excluding carboxylic acids is 1. The molecular weight excluding hydrogens is 362 g/mol. The largest absolute Gasteiger partial charge is 0.493 e. The second-order valence-electron chi connectivity index (χ2n) is 5.81. The molecule has 2 aromatic carbocycles. The maximum absolute atomic E-state index is 12.2. The molecule has 0 N–H and O–H groups in total. The zero-order valence-corrected chi connectivity index (χ0v) is 16.1. The first-order chi connectivity index (χ1) is 13.2. The molecule has 140 valence electrons. The summed E-state index contributed by atoms with van der Waals surface area (Å²) in [7, 11) is 3.22. The van der Waals surface area contributed by atoms with E-state index in [-0.39, 0.29) is 5.91 Å². The van der Waals surface area contributed by atoms with E-state index in [2.05, 4.69) is 10.2 Å². The summed E-state index contributed by atoms with van der Waals surface area (Å²) in [4.78, 5) is 13.9. The van der Waals surface area contributed by atoms with Gasteiger partial charge in [0.05, 0.1) is 26.2 Å². The van der Waals surface area contributed by atoms with Gasteiger partial charge < -0.3 is 9.47 Å². The average molecular weight is 383 g/mol. The van der Waals surface area contributed by atoms with Gasteiger partial charge in [0, 0.05) is 6.54 Å². The Morgan fingerprint density at radius 2 is 1.89 bits per heavy atom. The molecule has 0 aliphatic carbocycles. The summed E-state index contributed by atoms with van der Waals surface area (Å²) >= 11 is 1.41. The molecule has 1 heterocycles. The molecule has 0 aromatic heterocycles. The van der Waals surface area contributed by atoms with E-state index in [1.54, 1.807) is 25.3 Å². The van der Waals surface area contributed by atoms with Gasteiger partial charge >= 0.3 is 0 Å². The second kappa shape index (κ2) is 9.23. The van der Waals surface area contributed by atoms with Crippen LogP contribution in [0.2, 0.25) is 0 Å². The normalized spacial score (nSPS) is 15.7. The molecule has 27 heavy (non-hydrogen) atoms. The smallest absolute Gasteiger partial charge is 0.239 e. The zero-order chi connectivity index (χ0) is 19.1. The van der Waals surface area contributed by atoms with E-state index in [1.807, 2.05) is 48.5 Å². The number of thioether (sulfide) groups is 1. The monoisotopic (exact) mass is 383 g/mol. The van der Waals surface area contributed by atoms with Crippen LogP contribution in [0.1, 0.15) is 11.1 Å². The predicted octanol–water partition coefficient (Wildman–Crippen LogP) is 3.21. The Balaban J connectivity index is 1.66. The van der Waals surface area contributed by atoms with Crippen molar-refractivity contribution < 1.29 is 14.3 Å². The standard InChI is InChI=1S/C20H21N3O3S/c1-25-17-9-8-15(12-18(17)26-2)10-11-23-19(24)14-27-20(23)22-21-13-16-6-4-3-5-7-16/h3-9,12-13H,10-11,14H2,1-2H3/b21-13+,22-20-. The summed E-state index contributed by atoms with van der Waals surface area (Å²) in [5.41, 5.74) is 2.03. The number of nitrogens with zero attached hydrogens (tertiary/aromatic N) is 3. The van der Waals surface area contributed by atoms with Crippen LogP contribution in [0.3, 0.4) is 0 Å². The summed E-state index contributed by atoms with van der Waals surface area (Å²) in [6, 6.07) is 15.5. The first kappa shape index (κ1) is 19.0. The molecule has 0 radical (unpaired) electrons. The number of ether oxygens (including phenoxy) is 2. The summed E-state index contributed by atoms with van der Waals surface area (Å²) in [5, 5.41) is 8.99. The van der Waals surface area contributed by atoms with Crippen molar-refractivity contribution in [2.75, 3.05) is 26.5 Å². The van der Waals surface area contributed by atoms with Gasteiger partial charge in [-0.15, -0.1) is 5.10 Å². The lowest BCUT2D eigenvalue weighted by Crippen LogP contribution is -2.31. The molecule has 1 amide bonds. The lowest BCUT2D eigenvalue weighted by Gasteiger charge is -2.15. The summed E-state index contributed by atoms with van der Waals surface area (Å²) < 4.78 is 10.6. The van der Waals surface area contributed by atoms with Gasteiger partial charge in [0.1, 0.15) is 0 Å². The fraction of sp³-hybridized carbons (Fsp3) is 0.250.